The zero-order valence-electron chi connectivity index (χ0n) is 29.5. The van der Waals surface area contributed by atoms with E-state index in [1.54, 1.807) is 18.2 Å². The molecule has 2 saturated heterocycles. The van der Waals surface area contributed by atoms with Crippen LogP contribution in [0.15, 0.2) is 85.1 Å². The molecule has 0 bridgehead atoms. The number of carbonyl (C=O) groups excluding carboxylic acids is 4. The first-order valence-electron chi connectivity index (χ1n) is 17.4. The Bertz CT molecular complexity index is 1920. The summed E-state index contributed by atoms with van der Waals surface area (Å²) in [4.78, 5) is 65.7. The first kappa shape index (κ1) is 36.9. The van der Waals surface area contributed by atoms with Crippen molar-refractivity contribution in [3.8, 4) is 0 Å². The third-order valence-electron chi connectivity index (χ3n) is 9.74. The number of aryl methyl sites for hydroxylation is 1. The van der Waals surface area contributed by atoms with E-state index in [0.29, 0.717) is 30.6 Å². The van der Waals surface area contributed by atoms with Gasteiger partial charge in [0, 0.05) is 23.8 Å². The fraction of sp³-hybridized carbons (Fsp3) is 0.385. The Morgan fingerprint density at radius 3 is 2.42 bits per heavy atom. The van der Waals surface area contributed by atoms with E-state index < -0.39 is 46.7 Å². The highest BCUT2D eigenvalue weighted by atomic mass is 32.2. The number of carbonyl (C=O) groups is 4. The van der Waals surface area contributed by atoms with Gasteiger partial charge in [-0.1, -0.05) is 66.7 Å². The summed E-state index contributed by atoms with van der Waals surface area (Å²) in [6.07, 6.45) is 0.298. The maximum atomic E-state index is 14.2. The van der Waals surface area contributed by atoms with E-state index in [-0.39, 0.29) is 36.4 Å². The molecule has 272 valence electrons. The van der Waals surface area contributed by atoms with Crippen molar-refractivity contribution >= 4 is 46.4 Å². The van der Waals surface area contributed by atoms with E-state index in [2.05, 4.69) is 25.9 Å². The van der Waals surface area contributed by atoms with E-state index in [0.717, 1.165) is 16.7 Å². The number of hydrogen-bond donors (Lipinski definition) is 4. The Labute approximate surface area is 307 Å². The molecule has 1 aromatic heterocycles. The minimum Gasteiger partial charge on any atom is -0.381 e. The van der Waals surface area contributed by atoms with Crippen molar-refractivity contribution < 1.29 is 29.0 Å². The molecule has 3 aromatic carbocycles. The van der Waals surface area contributed by atoms with Crippen LogP contribution in [0, 0.1) is 12.8 Å². The van der Waals surface area contributed by atoms with Gasteiger partial charge in [-0.3, -0.25) is 24.2 Å². The van der Waals surface area contributed by atoms with Crippen molar-refractivity contribution in [2.45, 2.75) is 69.1 Å². The molecule has 4 aromatic rings. The van der Waals surface area contributed by atoms with Crippen molar-refractivity contribution in [2.24, 2.45) is 5.92 Å². The quantitative estimate of drug-likeness (QED) is 0.172. The average molecular weight is 725 g/mol. The zero-order valence-corrected chi connectivity index (χ0v) is 30.3. The number of thioether (sulfide) groups is 1. The second-order valence-electron chi connectivity index (χ2n) is 13.8. The third-order valence-corrected chi connectivity index (χ3v) is 11.1. The molecule has 2 aliphatic heterocycles. The molecule has 0 spiro atoms. The number of nitrogens with one attached hydrogen (secondary N) is 3. The largest absolute Gasteiger partial charge is 0.381 e. The van der Waals surface area contributed by atoms with Gasteiger partial charge in [-0.2, -0.15) is 0 Å². The summed E-state index contributed by atoms with van der Waals surface area (Å²) in [6, 6.07) is 21.1. The van der Waals surface area contributed by atoms with Crippen LogP contribution in [0.1, 0.15) is 47.4 Å². The number of hydrogen-bond acceptors (Lipinski definition) is 9. The second-order valence-corrected chi connectivity index (χ2v) is 15.4. The molecule has 2 aliphatic rings. The standard InChI is InChI=1S/C39H44N6O6S/c1-24-11-7-8-14-26(24)20-41-37(49)34-39(2,3)52-23-45(34)38(50)33(46)30(19-25-12-5-4-6-13-25)43-36(48)32(27-17-18-51-22-27)44-35(47)31-21-40-28-15-9-10-16-29(28)42-31/h4-16,21,27,30,32-34,46H,17-20,22-23H2,1-3H3,(H,41,49)(H,43,48)(H,44,47)/t27-,30+,32+,33+,34-/m1/s1. The minimum atomic E-state index is -1.70. The first-order valence-corrected chi connectivity index (χ1v) is 18.4. The van der Waals surface area contributed by atoms with E-state index >= 15 is 0 Å². The molecule has 0 radical (unpaired) electrons. The lowest BCUT2D eigenvalue weighted by atomic mass is 9.94. The smallest absolute Gasteiger partial charge is 0.272 e. The molecule has 6 rings (SSSR count). The van der Waals surface area contributed by atoms with Gasteiger partial charge in [0.2, 0.25) is 11.8 Å². The molecule has 13 heteroatoms. The summed E-state index contributed by atoms with van der Waals surface area (Å²) >= 11 is 1.44. The normalized spacial score (nSPS) is 19.8. The van der Waals surface area contributed by atoms with Crippen molar-refractivity contribution in [1.29, 1.82) is 0 Å². The Morgan fingerprint density at radius 2 is 1.69 bits per heavy atom. The van der Waals surface area contributed by atoms with Crippen LogP contribution in [-0.4, -0.2) is 91.7 Å². The highest BCUT2D eigenvalue weighted by Crippen LogP contribution is 2.40. The molecule has 52 heavy (non-hydrogen) atoms. The lowest BCUT2D eigenvalue weighted by Gasteiger charge is -2.34. The van der Waals surface area contributed by atoms with Gasteiger partial charge in [0.05, 0.1) is 35.8 Å². The van der Waals surface area contributed by atoms with Crippen molar-refractivity contribution in [2.75, 3.05) is 19.1 Å². The van der Waals surface area contributed by atoms with Crippen LogP contribution in [0.2, 0.25) is 0 Å². The molecule has 2 fully saturated rings. The number of nitrogens with zero attached hydrogens (tertiary/aromatic N) is 3. The molecule has 5 atom stereocenters. The van der Waals surface area contributed by atoms with Crippen molar-refractivity contribution in [3.63, 3.8) is 0 Å². The fourth-order valence-corrected chi connectivity index (χ4v) is 7.86. The van der Waals surface area contributed by atoms with E-state index in [1.165, 1.54) is 22.9 Å². The number of rotatable bonds is 12. The van der Waals surface area contributed by atoms with Crippen molar-refractivity contribution in [1.82, 2.24) is 30.8 Å². The van der Waals surface area contributed by atoms with Gasteiger partial charge in [0.25, 0.3) is 11.8 Å². The van der Waals surface area contributed by atoms with Gasteiger partial charge >= 0.3 is 0 Å². The van der Waals surface area contributed by atoms with Gasteiger partial charge in [-0.15, -0.1) is 11.8 Å². The summed E-state index contributed by atoms with van der Waals surface area (Å²) in [7, 11) is 0. The molecule has 4 N–H and O–H groups in total. The Balaban J connectivity index is 1.22. The molecular weight excluding hydrogens is 681 g/mol. The average Bonchev–Trinajstić information content (AvgIpc) is 3.80. The topological polar surface area (TPSA) is 163 Å². The molecule has 3 heterocycles. The van der Waals surface area contributed by atoms with E-state index in [4.69, 9.17) is 4.74 Å². The second kappa shape index (κ2) is 16.2. The number of ether oxygens (including phenoxy) is 1. The summed E-state index contributed by atoms with van der Waals surface area (Å²) in [5.41, 5.74) is 3.99. The highest BCUT2D eigenvalue weighted by Gasteiger charge is 2.50. The number of benzene rings is 3. The van der Waals surface area contributed by atoms with Gasteiger partial charge < -0.3 is 30.7 Å². The fourth-order valence-electron chi connectivity index (χ4n) is 6.72. The highest BCUT2D eigenvalue weighted by molar-refractivity contribution is 8.00. The van der Waals surface area contributed by atoms with Crippen LogP contribution in [0.3, 0.4) is 0 Å². The van der Waals surface area contributed by atoms with Crippen LogP contribution >= 0.6 is 11.8 Å². The Hall–Kier alpha value is -4.85. The summed E-state index contributed by atoms with van der Waals surface area (Å²) < 4.78 is 4.94. The summed E-state index contributed by atoms with van der Waals surface area (Å²) in [5, 5.41) is 20.5. The van der Waals surface area contributed by atoms with Crippen LogP contribution in [0.5, 0.6) is 0 Å². The monoisotopic (exact) mass is 724 g/mol. The Morgan fingerprint density at radius 1 is 0.981 bits per heavy atom. The first-order chi connectivity index (χ1) is 25.0. The molecule has 0 aliphatic carbocycles. The molecule has 0 unspecified atom stereocenters. The van der Waals surface area contributed by atoms with Gasteiger partial charge in [0.1, 0.15) is 17.8 Å². The van der Waals surface area contributed by atoms with Crippen LogP contribution in [0.25, 0.3) is 11.0 Å². The van der Waals surface area contributed by atoms with Gasteiger partial charge in [-0.05, 0) is 62.4 Å². The van der Waals surface area contributed by atoms with Crippen molar-refractivity contribution in [3.05, 3.63) is 107 Å². The summed E-state index contributed by atoms with van der Waals surface area (Å²) in [6.45, 7) is 6.72. The van der Waals surface area contributed by atoms with Gasteiger partial charge in [0.15, 0.2) is 6.10 Å². The summed E-state index contributed by atoms with van der Waals surface area (Å²) in [5.74, 6) is -2.34. The predicted octanol–water partition coefficient (Wildman–Crippen LogP) is 3.16. The third kappa shape index (κ3) is 8.43. The number of aliphatic hydroxyl groups is 1. The number of aliphatic hydroxyl groups excluding tert-OH is 1. The lowest BCUT2D eigenvalue weighted by Crippen LogP contribution is -2.60. The maximum Gasteiger partial charge on any atom is 0.272 e. The van der Waals surface area contributed by atoms with E-state index in [9.17, 15) is 24.3 Å². The lowest BCUT2D eigenvalue weighted by molar-refractivity contribution is -0.148. The molecule has 12 nitrogen and oxygen atoms in total. The zero-order chi connectivity index (χ0) is 36.8. The Kier molecular flexibility index (Phi) is 11.5. The SMILES string of the molecule is Cc1ccccc1CNC(=O)[C@H]1N(C(=O)[C@@H](O)[C@H](Cc2ccccc2)NC(=O)[C@@H](NC(=O)c2cnc3ccccc3n2)[C@@H]2CCOC2)CSC1(C)C. The van der Waals surface area contributed by atoms with Gasteiger partial charge in [-0.25, -0.2) is 4.98 Å². The van der Waals surface area contributed by atoms with Crippen LogP contribution in [0.4, 0.5) is 0 Å². The molecule has 0 saturated carbocycles. The van der Waals surface area contributed by atoms with E-state index in [1.807, 2.05) is 81.4 Å². The molecule has 4 amide bonds. The van der Waals surface area contributed by atoms with Crippen LogP contribution in [-0.2, 0) is 32.1 Å². The maximum absolute atomic E-state index is 14.2. The minimum absolute atomic E-state index is 0.0485. The number of aromatic nitrogens is 2. The van der Waals surface area contributed by atoms with Crippen LogP contribution < -0.4 is 16.0 Å². The number of fused-ring (bicyclic) bond motifs is 1. The number of amides is 4. The predicted molar refractivity (Wildman–Crippen MR) is 198 cm³/mol. The molecular formula is C39H44N6O6S. The number of para-hydroxylation sites is 2.